The van der Waals surface area contributed by atoms with E-state index in [9.17, 15) is 9.59 Å². The molecule has 2 amide bonds. The average Bonchev–Trinajstić information content (AvgIpc) is 3.07. The van der Waals surface area contributed by atoms with Crippen LogP contribution in [0, 0.1) is 12.3 Å². The maximum Gasteiger partial charge on any atom is 0.257 e. The number of H-pyrrole nitrogens is 1. The van der Waals surface area contributed by atoms with Gasteiger partial charge in [0.05, 0.1) is 23.4 Å². The summed E-state index contributed by atoms with van der Waals surface area (Å²) in [6, 6.07) is 5.23. The van der Waals surface area contributed by atoms with Crippen LogP contribution in [-0.4, -0.2) is 34.9 Å². The summed E-state index contributed by atoms with van der Waals surface area (Å²) < 4.78 is 0. The highest BCUT2D eigenvalue weighted by Gasteiger charge is 2.26. The number of piperidine rings is 1. The Morgan fingerprint density at radius 1 is 1.25 bits per heavy atom. The summed E-state index contributed by atoms with van der Waals surface area (Å²) in [7, 11) is 0. The molecule has 3 rings (SSSR count). The smallest absolute Gasteiger partial charge is 0.257 e. The lowest BCUT2D eigenvalue weighted by molar-refractivity contribution is -0.127. The Morgan fingerprint density at radius 2 is 1.93 bits per heavy atom. The van der Waals surface area contributed by atoms with E-state index >= 15 is 0 Å². The standard InChI is InChI=1S/C21H29N5O2/c1-13-18(24-12-23-13)14-7-9-26(10-8-14)17-6-5-15(11-16(17)22)19(27)25-20(28)21(2,3)4/h5-6,11-12,14H,7-10,22H2,1-4H3,(H,23,24)(H,25,27,28). The van der Waals surface area contributed by atoms with E-state index in [2.05, 4.69) is 27.1 Å². The fraction of sp³-hybridized carbons (Fsp3) is 0.476. The van der Waals surface area contributed by atoms with Crippen molar-refractivity contribution in [2.75, 3.05) is 23.7 Å². The lowest BCUT2D eigenvalue weighted by atomic mass is 9.92. The Balaban J connectivity index is 1.66. The minimum atomic E-state index is -0.627. The number of aromatic amines is 1. The van der Waals surface area contributed by atoms with Crippen molar-refractivity contribution in [1.82, 2.24) is 15.3 Å². The first-order valence-corrected chi connectivity index (χ1v) is 9.67. The first kappa shape index (κ1) is 19.9. The molecule has 1 aliphatic heterocycles. The monoisotopic (exact) mass is 383 g/mol. The molecule has 1 fully saturated rings. The number of aryl methyl sites for hydroxylation is 1. The van der Waals surface area contributed by atoms with E-state index in [1.807, 2.05) is 6.07 Å². The normalized spacial score (nSPS) is 15.5. The van der Waals surface area contributed by atoms with Crippen LogP contribution >= 0.6 is 0 Å². The second-order valence-electron chi connectivity index (χ2n) is 8.48. The van der Waals surface area contributed by atoms with Gasteiger partial charge in [-0.05, 0) is 38.0 Å². The zero-order valence-electron chi connectivity index (χ0n) is 17.0. The van der Waals surface area contributed by atoms with Crippen LogP contribution in [0.5, 0.6) is 0 Å². The number of carbonyl (C=O) groups excluding carboxylic acids is 2. The van der Waals surface area contributed by atoms with Gasteiger partial charge in [-0.25, -0.2) is 4.98 Å². The van der Waals surface area contributed by atoms with Gasteiger partial charge in [0.25, 0.3) is 5.91 Å². The molecule has 0 saturated carbocycles. The number of carbonyl (C=O) groups is 2. The molecule has 2 heterocycles. The first-order valence-electron chi connectivity index (χ1n) is 9.67. The van der Waals surface area contributed by atoms with Gasteiger partial charge >= 0.3 is 0 Å². The highest BCUT2D eigenvalue weighted by atomic mass is 16.2. The van der Waals surface area contributed by atoms with Gasteiger partial charge < -0.3 is 15.6 Å². The van der Waals surface area contributed by atoms with Crippen molar-refractivity contribution in [2.24, 2.45) is 5.41 Å². The van der Waals surface area contributed by atoms with E-state index in [1.165, 1.54) is 0 Å². The second kappa shape index (κ2) is 7.66. The number of hydrogen-bond donors (Lipinski definition) is 3. The number of nitrogens with two attached hydrogens (primary N) is 1. The van der Waals surface area contributed by atoms with E-state index in [-0.39, 0.29) is 5.91 Å². The molecule has 1 saturated heterocycles. The molecule has 0 atom stereocenters. The molecule has 7 nitrogen and oxygen atoms in total. The van der Waals surface area contributed by atoms with Crippen molar-refractivity contribution in [2.45, 2.75) is 46.5 Å². The molecular formula is C21H29N5O2. The van der Waals surface area contributed by atoms with Crippen LogP contribution in [0.3, 0.4) is 0 Å². The van der Waals surface area contributed by atoms with E-state index < -0.39 is 11.3 Å². The Labute approximate surface area is 165 Å². The number of amides is 2. The van der Waals surface area contributed by atoms with Crippen LogP contribution in [0.25, 0.3) is 0 Å². The molecule has 1 aromatic heterocycles. The minimum Gasteiger partial charge on any atom is -0.397 e. The summed E-state index contributed by atoms with van der Waals surface area (Å²) in [5.74, 6) is -0.279. The molecule has 2 aromatic rings. The van der Waals surface area contributed by atoms with E-state index in [0.717, 1.165) is 43.0 Å². The predicted molar refractivity (Wildman–Crippen MR) is 110 cm³/mol. The predicted octanol–water partition coefficient (Wildman–Crippen LogP) is 2.99. The van der Waals surface area contributed by atoms with Crippen molar-refractivity contribution in [3.8, 4) is 0 Å². The minimum absolute atomic E-state index is 0.309. The Kier molecular flexibility index (Phi) is 5.45. The third kappa shape index (κ3) is 4.18. The summed E-state index contributed by atoms with van der Waals surface area (Å²) in [5, 5.41) is 2.43. The number of anilines is 2. The number of hydrogen-bond acceptors (Lipinski definition) is 5. The van der Waals surface area contributed by atoms with Gasteiger partial charge in [0.2, 0.25) is 5.91 Å². The molecule has 1 aromatic carbocycles. The van der Waals surface area contributed by atoms with Crippen LogP contribution < -0.4 is 16.0 Å². The number of aromatic nitrogens is 2. The molecule has 0 unspecified atom stereocenters. The van der Waals surface area contributed by atoms with Crippen molar-refractivity contribution in [1.29, 1.82) is 0 Å². The van der Waals surface area contributed by atoms with E-state index in [0.29, 0.717) is 17.2 Å². The van der Waals surface area contributed by atoms with Crippen molar-refractivity contribution >= 4 is 23.2 Å². The molecule has 0 aliphatic carbocycles. The van der Waals surface area contributed by atoms with Crippen LogP contribution in [0.2, 0.25) is 0 Å². The van der Waals surface area contributed by atoms with Gasteiger partial charge in [-0.15, -0.1) is 0 Å². The van der Waals surface area contributed by atoms with Crippen LogP contribution in [-0.2, 0) is 4.79 Å². The van der Waals surface area contributed by atoms with Crippen molar-refractivity contribution < 1.29 is 9.59 Å². The highest BCUT2D eigenvalue weighted by Crippen LogP contribution is 2.33. The number of nitrogen functional groups attached to an aromatic ring is 1. The maximum absolute atomic E-state index is 12.3. The number of imidazole rings is 1. The molecular weight excluding hydrogens is 354 g/mol. The number of nitrogens with one attached hydrogen (secondary N) is 2. The molecule has 4 N–H and O–H groups in total. The second-order valence-corrected chi connectivity index (χ2v) is 8.48. The zero-order valence-corrected chi connectivity index (χ0v) is 17.0. The van der Waals surface area contributed by atoms with Gasteiger partial charge in [-0.1, -0.05) is 20.8 Å². The topological polar surface area (TPSA) is 104 Å². The third-order valence-corrected chi connectivity index (χ3v) is 5.29. The molecule has 0 radical (unpaired) electrons. The molecule has 0 spiro atoms. The molecule has 1 aliphatic rings. The quantitative estimate of drug-likeness (QED) is 0.707. The van der Waals surface area contributed by atoms with Crippen LogP contribution in [0.4, 0.5) is 11.4 Å². The number of benzene rings is 1. The number of rotatable bonds is 3. The summed E-state index contributed by atoms with van der Waals surface area (Å²) in [6.07, 6.45) is 3.77. The lowest BCUT2D eigenvalue weighted by Gasteiger charge is -2.34. The number of imide groups is 1. The third-order valence-electron chi connectivity index (χ3n) is 5.29. The van der Waals surface area contributed by atoms with Gasteiger partial charge in [0.15, 0.2) is 0 Å². The SMILES string of the molecule is Cc1[nH]cnc1C1CCN(c2ccc(C(=O)NC(=O)C(C)(C)C)cc2N)CC1. The summed E-state index contributed by atoms with van der Waals surface area (Å²) in [6.45, 7) is 9.12. The zero-order chi connectivity index (χ0) is 20.5. The molecule has 28 heavy (non-hydrogen) atoms. The fourth-order valence-corrected chi connectivity index (χ4v) is 3.52. The summed E-state index contributed by atoms with van der Waals surface area (Å²) in [5.41, 5.74) is 9.77. The largest absolute Gasteiger partial charge is 0.397 e. The van der Waals surface area contributed by atoms with Gasteiger partial charge in [0.1, 0.15) is 0 Å². The van der Waals surface area contributed by atoms with Gasteiger partial charge in [0, 0.05) is 35.7 Å². The molecule has 7 heteroatoms. The molecule has 150 valence electrons. The van der Waals surface area contributed by atoms with Crippen molar-refractivity contribution in [3.63, 3.8) is 0 Å². The maximum atomic E-state index is 12.3. The van der Waals surface area contributed by atoms with Gasteiger partial charge in [-0.3, -0.25) is 14.9 Å². The first-order chi connectivity index (χ1) is 13.2. The average molecular weight is 383 g/mol. The fourth-order valence-electron chi connectivity index (χ4n) is 3.52. The van der Waals surface area contributed by atoms with Crippen LogP contribution in [0.15, 0.2) is 24.5 Å². The lowest BCUT2D eigenvalue weighted by Crippen LogP contribution is -2.39. The highest BCUT2D eigenvalue weighted by molar-refractivity contribution is 6.06. The number of nitrogens with zero attached hydrogens (tertiary/aromatic N) is 2. The van der Waals surface area contributed by atoms with Crippen LogP contribution in [0.1, 0.15) is 61.3 Å². The van der Waals surface area contributed by atoms with Gasteiger partial charge in [-0.2, -0.15) is 0 Å². The van der Waals surface area contributed by atoms with E-state index in [4.69, 9.17) is 5.73 Å². The Bertz CT molecular complexity index is 873. The van der Waals surface area contributed by atoms with E-state index in [1.54, 1.807) is 39.2 Å². The van der Waals surface area contributed by atoms with Crippen molar-refractivity contribution in [3.05, 3.63) is 41.5 Å². The molecule has 0 bridgehead atoms. The Hall–Kier alpha value is -2.83. The summed E-state index contributed by atoms with van der Waals surface area (Å²) >= 11 is 0. The Morgan fingerprint density at radius 3 is 2.46 bits per heavy atom. The summed E-state index contributed by atoms with van der Waals surface area (Å²) in [4.78, 5) is 34.2.